The molecule has 156 valence electrons. The maximum absolute atomic E-state index is 12.6. The van der Waals surface area contributed by atoms with Gasteiger partial charge in [-0.25, -0.2) is 0 Å². The van der Waals surface area contributed by atoms with Crippen LogP contribution in [-0.2, 0) is 32.0 Å². The van der Waals surface area contributed by atoms with Gasteiger partial charge in [-0.05, 0) is 55.3 Å². The molecule has 0 saturated heterocycles. The molecule has 7 heteroatoms. The van der Waals surface area contributed by atoms with Crippen LogP contribution in [-0.4, -0.2) is 36.6 Å². The lowest BCUT2D eigenvalue weighted by Crippen LogP contribution is -2.38. The van der Waals surface area contributed by atoms with Gasteiger partial charge in [-0.3, -0.25) is 14.5 Å². The molecule has 1 aromatic heterocycles. The molecule has 0 fully saturated rings. The standard InChI is InChI=1S/C22H26ClNO4S/c1-3-27-21(25)17(22(26)28-4-2)13-19(16-7-5-6-8-18(16)23)24-11-9-20-15(14-24)10-12-29-20/h5-8,10,12,17,19H,3-4,9,11,13-14H2,1-2H3. The van der Waals surface area contributed by atoms with Gasteiger partial charge in [0.25, 0.3) is 0 Å². The van der Waals surface area contributed by atoms with Crippen molar-refractivity contribution in [3.05, 3.63) is 56.7 Å². The van der Waals surface area contributed by atoms with E-state index in [1.165, 1.54) is 10.4 Å². The Morgan fingerprint density at radius 1 is 1.14 bits per heavy atom. The molecule has 0 spiro atoms. The maximum atomic E-state index is 12.6. The predicted molar refractivity (Wildman–Crippen MR) is 114 cm³/mol. The van der Waals surface area contributed by atoms with Gasteiger partial charge in [0.1, 0.15) is 0 Å². The maximum Gasteiger partial charge on any atom is 0.320 e. The summed E-state index contributed by atoms with van der Waals surface area (Å²) in [5.74, 6) is -2.08. The smallest absolute Gasteiger partial charge is 0.320 e. The van der Waals surface area contributed by atoms with Crippen LogP contribution in [0.5, 0.6) is 0 Å². The van der Waals surface area contributed by atoms with Crippen molar-refractivity contribution in [1.29, 1.82) is 0 Å². The molecule has 2 aromatic rings. The fourth-order valence-corrected chi connectivity index (χ4v) is 4.90. The third-order valence-corrected chi connectivity index (χ3v) is 6.51. The summed E-state index contributed by atoms with van der Waals surface area (Å²) in [6.07, 6.45) is 1.21. The van der Waals surface area contributed by atoms with Crippen LogP contribution >= 0.6 is 22.9 Å². The number of nitrogens with zero attached hydrogens (tertiary/aromatic N) is 1. The molecule has 1 aromatic carbocycles. The summed E-state index contributed by atoms with van der Waals surface area (Å²) in [7, 11) is 0. The first-order valence-electron chi connectivity index (χ1n) is 9.92. The second-order valence-electron chi connectivity index (χ2n) is 6.92. The van der Waals surface area contributed by atoms with Crippen LogP contribution in [0.3, 0.4) is 0 Å². The van der Waals surface area contributed by atoms with Crippen molar-refractivity contribution < 1.29 is 19.1 Å². The Morgan fingerprint density at radius 2 is 1.83 bits per heavy atom. The largest absolute Gasteiger partial charge is 0.465 e. The number of hydrogen-bond acceptors (Lipinski definition) is 6. The number of esters is 2. The van der Waals surface area contributed by atoms with E-state index in [0.717, 1.165) is 25.1 Å². The van der Waals surface area contributed by atoms with E-state index in [-0.39, 0.29) is 25.7 Å². The fraction of sp³-hybridized carbons (Fsp3) is 0.455. The lowest BCUT2D eigenvalue weighted by Gasteiger charge is -2.36. The molecule has 0 bridgehead atoms. The summed E-state index contributed by atoms with van der Waals surface area (Å²) < 4.78 is 10.4. The number of carbonyl (C=O) groups excluding carboxylic acids is 2. The summed E-state index contributed by atoms with van der Waals surface area (Å²) >= 11 is 8.30. The molecule has 1 unspecified atom stereocenters. The summed E-state index contributed by atoms with van der Waals surface area (Å²) in [5.41, 5.74) is 2.20. The van der Waals surface area contributed by atoms with Crippen LogP contribution < -0.4 is 0 Å². The molecule has 1 atom stereocenters. The van der Waals surface area contributed by atoms with Crippen molar-refractivity contribution >= 4 is 34.9 Å². The van der Waals surface area contributed by atoms with Crippen molar-refractivity contribution in [2.75, 3.05) is 19.8 Å². The Hall–Kier alpha value is -1.89. The van der Waals surface area contributed by atoms with Gasteiger partial charge in [-0.15, -0.1) is 11.3 Å². The Balaban J connectivity index is 1.92. The second-order valence-corrected chi connectivity index (χ2v) is 8.33. The Bertz CT molecular complexity index is 835. The Labute approximate surface area is 180 Å². The average molecular weight is 436 g/mol. The summed E-state index contributed by atoms with van der Waals surface area (Å²) in [4.78, 5) is 28.8. The molecule has 0 amide bonds. The van der Waals surface area contributed by atoms with E-state index in [2.05, 4.69) is 16.3 Å². The zero-order chi connectivity index (χ0) is 20.8. The van der Waals surface area contributed by atoms with Gasteiger partial charge in [0, 0.05) is 29.0 Å². The highest BCUT2D eigenvalue weighted by atomic mass is 35.5. The second kappa shape index (κ2) is 10.2. The highest BCUT2D eigenvalue weighted by Crippen LogP contribution is 2.37. The molecular formula is C22H26ClNO4S. The van der Waals surface area contributed by atoms with Crippen LogP contribution in [0.15, 0.2) is 35.7 Å². The number of thiophene rings is 1. The van der Waals surface area contributed by atoms with Gasteiger partial charge in [0.05, 0.1) is 13.2 Å². The van der Waals surface area contributed by atoms with E-state index < -0.39 is 17.9 Å². The Kier molecular flexibility index (Phi) is 7.70. The number of halogens is 1. The fourth-order valence-electron chi connectivity index (χ4n) is 3.75. The zero-order valence-corrected chi connectivity index (χ0v) is 18.3. The molecule has 2 heterocycles. The molecule has 1 aliphatic heterocycles. The van der Waals surface area contributed by atoms with Crippen molar-refractivity contribution in [2.24, 2.45) is 5.92 Å². The van der Waals surface area contributed by atoms with E-state index in [1.807, 2.05) is 24.3 Å². The van der Waals surface area contributed by atoms with Crippen LogP contribution in [0.25, 0.3) is 0 Å². The molecule has 5 nitrogen and oxygen atoms in total. The number of benzene rings is 1. The average Bonchev–Trinajstić information content (AvgIpc) is 3.18. The van der Waals surface area contributed by atoms with Gasteiger partial charge in [-0.1, -0.05) is 29.8 Å². The normalized spacial score (nSPS) is 15.0. The molecule has 0 N–H and O–H groups in total. The third-order valence-electron chi connectivity index (χ3n) is 5.14. The van der Waals surface area contributed by atoms with Crippen molar-refractivity contribution in [1.82, 2.24) is 4.90 Å². The summed E-state index contributed by atoms with van der Waals surface area (Å²) in [6, 6.07) is 9.55. The third kappa shape index (κ3) is 5.18. The van der Waals surface area contributed by atoms with E-state index in [1.54, 1.807) is 25.2 Å². The zero-order valence-electron chi connectivity index (χ0n) is 16.7. The monoisotopic (exact) mass is 435 g/mol. The van der Waals surface area contributed by atoms with Gasteiger partial charge in [-0.2, -0.15) is 0 Å². The highest BCUT2D eigenvalue weighted by molar-refractivity contribution is 7.10. The van der Waals surface area contributed by atoms with Crippen molar-refractivity contribution in [3.63, 3.8) is 0 Å². The number of rotatable bonds is 8. The van der Waals surface area contributed by atoms with Gasteiger partial charge < -0.3 is 9.47 Å². The SMILES string of the molecule is CCOC(=O)C(CC(c1ccccc1Cl)N1CCc2sccc2C1)C(=O)OCC. The van der Waals surface area contributed by atoms with E-state index in [0.29, 0.717) is 5.02 Å². The van der Waals surface area contributed by atoms with Crippen LogP contribution in [0.2, 0.25) is 5.02 Å². The number of hydrogen-bond donors (Lipinski definition) is 0. The first-order valence-corrected chi connectivity index (χ1v) is 11.2. The summed E-state index contributed by atoms with van der Waals surface area (Å²) in [6.45, 7) is 5.48. The molecule has 0 saturated carbocycles. The molecular weight excluding hydrogens is 410 g/mol. The lowest BCUT2D eigenvalue weighted by molar-refractivity contribution is -0.162. The lowest BCUT2D eigenvalue weighted by atomic mass is 9.91. The first kappa shape index (κ1) is 21.8. The van der Waals surface area contributed by atoms with Crippen LogP contribution in [0.4, 0.5) is 0 Å². The van der Waals surface area contributed by atoms with Crippen LogP contribution in [0.1, 0.15) is 42.3 Å². The first-order chi connectivity index (χ1) is 14.0. The predicted octanol–water partition coefficient (Wildman–Crippen LogP) is 4.63. The molecule has 0 radical (unpaired) electrons. The highest BCUT2D eigenvalue weighted by Gasteiger charge is 2.36. The van der Waals surface area contributed by atoms with Crippen molar-refractivity contribution in [3.8, 4) is 0 Å². The van der Waals surface area contributed by atoms with Gasteiger partial charge >= 0.3 is 11.9 Å². The van der Waals surface area contributed by atoms with Gasteiger partial charge in [0.2, 0.25) is 0 Å². The Morgan fingerprint density at radius 3 is 2.48 bits per heavy atom. The minimum Gasteiger partial charge on any atom is -0.465 e. The van der Waals surface area contributed by atoms with Crippen molar-refractivity contribution in [2.45, 2.75) is 39.3 Å². The molecule has 3 rings (SSSR count). The molecule has 1 aliphatic rings. The van der Waals surface area contributed by atoms with Crippen LogP contribution in [0, 0.1) is 5.92 Å². The number of fused-ring (bicyclic) bond motifs is 1. The van der Waals surface area contributed by atoms with Gasteiger partial charge in [0.15, 0.2) is 5.92 Å². The number of ether oxygens (including phenoxy) is 2. The molecule has 0 aliphatic carbocycles. The van der Waals surface area contributed by atoms with E-state index >= 15 is 0 Å². The minimum absolute atomic E-state index is 0.199. The minimum atomic E-state index is -0.986. The molecule has 29 heavy (non-hydrogen) atoms. The summed E-state index contributed by atoms with van der Waals surface area (Å²) in [5, 5.41) is 2.73. The topological polar surface area (TPSA) is 55.8 Å². The quantitative estimate of drug-likeness (QED) is 0.446. The number of carbonyl (C=O) groups is 2. The van der Waals surface area contributed by atoms with E-state index in [9.17, 15) is 9.59 Å². The van der Waals surface area contributed by atoms with E-state index in [4.69, 9.17) is 21.1 Å².